The Balaban J connectivity index is 1.99. The molecule has 0 saturated carbocycles. The van der Waals surface area contributed by atoms with E-state index in [4.69, 9.17) is 11.6 Å². The summed E-state index contributed by atoms with van der Waals surface area (Å²) in [5.41, 5.74) is 0.876. The smallest absolute Gasteiger partial charge is 0.139 e. The standard InChI is InChI=1S/C12H8ClN3S/c13-11-2-1-8(7-15-11)16-12-9-4-6-17-10(9)3-5-14-12/h1-7H,(H,14,16). The molecule has 5 heteroatoms. The number of nitrogens with zero attached hydrogens (tertiary/aromatic N) is 2. The van der Waals surface area contributed by atoms with Crippen LogP contribution in [0, 0.1) is 0 Å². The topological polar surface area (TPSA) is 37.8 Å². The summed E-state index contributed by atoms with van der Waals surface area (Å²) in [5, 5.41) is 6.89. The van der Waals surface area contributed by atoms with E-state index in [9.17, 15) is 0 Å². The van der Waals surface area contributed by atoms with Gasteiger partial charge < -0.3 is 5.32 Å². The Bertz CT molecular complexity index is 648. The number of fused-ring (bicyclic) bond motifs is 1. The second-order valence-corrected chi connectivity index (χ2v) is 4.82. The minimum Gasteiger partial charge on any atom is -0.338 e. The van der Waals surface area contributed by atoms with Crippen LogP contribution in [0.1, 0.15) is 0 Å². The van der Waals surface area contributed by atoms with Crippen LogP contribution < -0.4 is 5.32 Å². The largest absolute Gasteiger partial charge is 0.338 e. The number of halogens is 1. The van der Waals surface area contributed by atoms with Gasteiger partial charge in [-0.05, 0) is 29.6 Å². The van der Waals surface area contributed by atoms with E-state index < -0.39 is 0 Å². The molecule has 0 aromatic carbocycles. The maximum Gasteiger partial charge on any atom is 0.139 e. The molecule has 0 spiro atoms. The van der Waals surface area contributed by atoms with Gasteiger partial charge in [-0.1, -0.05) is 11.6 Å². The molecule has 1 N–H and O–H groups in total. The molecule has 0 fully saturated rings. The summed E-state index contributed by atoms with van der Waals surface area (Å²) in [7, 11) is 0. The van der Waals surface area contributed by atoms with E-state index in [1.165, 1.54) is 4.70 Å². The number of hydrogen-bond donors (Lipinski definition) is 1. The first kappa shape index (κ1) is 10.5. The van der Waals surface area contributed by atoms with Crippen LogP contribution in [0.25, 0.3) is 10.1 Å². The molecule has 3 rings (SSSR count). The fourth-order valence-electron chi connectivity index (χ4n) is 1.58. The van der Waals surface area contributed by atoms with Gasteiger partial charge >= 0.3 is 0 Å². The molecule has 0 amide bonds. The van der Waals surface area contributed by atoms with Crippen molar-refractivity contribution in [2.24, 2.45) is 0 Å². The van der Waals surface area contributed by atoms with Gasteiger partial charge in [0, 0.05) is 16.3 Å². The minimum absolute atomic E-state index is 0.484. The van der Waals surface area contributed by atoms with Crippen LogP contribution in [-0.2, 0) is 0 Å². The molecule has 3 heterocycles. The molecule has 0 aliphatic carbocycles. The Kier molecular flexibility index (Phi) is 2.66. The van der Waals surface area contributed by atoms with Crippen LogP contribution in [0.15, 0.2) is 42.0 Å². The maximum absolute atomic E-state index is 5.74. The summed E-state index contributed by atoms with van der Waals surface area (Å²) in [4.78, 5) is 8.35. The van der Waals surface area contributed by atoms with Gasteiger partial charge in [0.1, 0.15) is 11.0 Å². The zero-order valence-corrected chi connectivity index (χ0v) is 10.3. The average molecular weight is 262 g/mol. The summed E-state index contributed by atoms with van der Waals surface area (Å²) in [5.74, 6) is 0.841. The number of pyridine rings is 2. The normalized spacial score (nSPS) is 10.6. The van der Waals surface area contributed by atoms with Crippen molar-refractivity contribution in [3.05, 3.63) is 47.2 Å². The van der Waals surface area contributed by atoms with Crippen LogP contribution in [0.2, 0.25) is 5.15 Å². The Labute approximate surface area is 107 Å². The maximum atomic E-state index is 5.74. The van der Waals surface area contributed by atoms with Gasteiger partial charge in [-0.25, -0.2) is 9.97 Å². The van der Waals surface area contributed by atoms with Gasteiger partial charge in [0.15, 0.2) is 0 Å². The summed E-state index contributed by atoms with van der Waals surface area (Å²) >= 11 is 7.44. The fourth-order valence-corrected chi connectivity index (χ4v) is 2.47. The van der Waals surface area contributed by atoms with Crippen LogP contribution in [0.3, 0.4) is 0 Å². The third-order valence-corrected chi connectivity index (χ3v) is 3.48. The van der Waals surface area contributed by atoms with E-state index in [0.717, 1.165) is 16.9 Å². The molecule has 0 saturated heterocycles. The monoisotopic (exact) mass is 261 g/mol. The lowest BCUT2D eigenvalue weighted by molar-refractivity contribution is 1.29. The SMILES string of the molecule is Clc1ccc(Nc2nccc3sccc23)cn1. The first-order valence-corrected chi connectivity index (χ1v) is 6.29. The van der Waals surface area contributed by atoms with Crippen LogP contribution in [-0.4, -0.2) is 9.97 Å². The molecule has 0 aliphatic rings. The summed E-state index contributed by atoms with van der Waals surface area (Å²) in [6.45, 7) is 0. The quantitative estimate of drug-likeness (QED) is 0.706. The number of nitrogens with one attached hydrogen (secondary N) is 1. The van der Waals surface area contributed by atoms with Crippen molar-refractivity contribution >= 4 is 44.5 Å². The van der Waals surface area contributed by atoms with Gasteiger partial charge in [0.05, 0.1) is 11.9 Å². The summed E-state index contributed by atoms with van der Waals surface area (Å²) in [6, 6.07) is 7.68. The van der Waals surface area contributed by atoms with Gasteiger partial charge in [-0.15, -0.1) is 11.3 Å². The van der Waals surface area contributed by atoms with E-state index in [0.29, 0.717) is 5.15 Å². The molecule has 0 unspecified atom stereocenters. The third-order valence-electron chi connectivity index (χ3n) is 2.37. The van der Waals surface area contributed by atoms with Gasteiger partial charge in [-0.3, -0.25) is 0 Å². The molecule has 3 aromatic heterocycles. The zero-order chi connectivity index (χ0) is 11.7. The lowest BCUT2D eigenvalue weighted by Crippen LogP contribution is -1.93. The van der Waals surface area contributed by atoms with Crippen LogP contribution >= 0.6 is 22.9 Å². The Morgan fingerprint density at radius 2 is 2.06 bits per heavy atom. The number of hydrogen-bond acceptors (Lipinski definition) is 4. The van der Waals surface area contributed by atoms with E-state index in [1.807, 2.05) is 12.1 Å². The molecule has 17 heavy (non-hydrogen) atoms. The Morgan fingerprint density at radius 3 is 2.88 bits per heavy atom. The zero-order valence-electron chi connectivity index (χ0n) is 8.72. The van der Waals surface area contributed by atoms with Crippen LogP contribution in [0.5, 0.6) is 0 Å². The average Bonchev–Trinajstić information content (AvgIpc) is 2.81. The molecule has 3 nitrogen and oxygen atoms in total. The predicted octanol–water partition coefficient (Wildman–Crippen LogP) is 4.09. The van der Waals surface area contributed by atoms with Gasteiger partial charge in [0.2, 0.25) is 0 Å². The van der Waals surface area contributed by atoms with Crippen molar-refractivity contribution in [2.45, 2.75) is 0 Å². The Hall–Kier alpha value is -1.65. The highest BCUT2D eigenvalue weighted by Crippen LogP contribution is 2.27. The lowest BCUT2D eigenvalue weighted by atomic mass is 10.3. The third kappa shape index (κ3) is 2.09. The summed E-state index contributed by atoms with van der Waals surface area (Å²) in [6.07, 6.45) is 3.49. The Morgan fingerprint density at radius 1 is 1.12 bits per heavy atom. The molecule has 0 bridgehead atoms. The highest BCUT2D eigenvalue weighted by Gasteiger charge is 2.03. The molecule has 0 radical (unpaired) electrons. The fraction of sp³-hybridized carbons (Fsp3) is 0. The number of rotatable bonds is 2. The van der Waals surface area contributed by atoms with Crippen LogP contribution in [0.4, 0.5) is 11.5 Å². The van der Waals surface area contributed by atoms with Crippen molar-refractivity contribution in [3.63, 3.8) is 0 Å². The van der Waals surface area contributed by atoms with Gasteiger partial charge in [0.25, 0.3) is 0 Å². The molecule has 3 aromatic rings. The van der Waals surface area contributed by atoms with E-state index in [1.54, 1.807) is 29.8 Å². The van der Waals surface area contributed by atoms with Crippen molar-refractivity contribution in [1.82, 2.24) is 9.97 Å². The van der Waals surface area contributed by atoms with Crippen molar-refractivity contribution in [3.8, 4) is 0 Å². The summed E-state index contributed by atoms with van der Waals surface area (Å²) < 4.78 is 1.21. The second-order valence-electron chi connectivity index (χ2n) is 3.49. The van der Waals surface area contributed by atoms with E-state index >= 15 is 0 Å². The first-order valence-electron chi connectivity index (χ1n) is 5.04. The number of aromatic nitrogens is 2. The molecule has 84 valence electrons. The molecular weight excluding hydrogens is 254 g/mol. The van der Waals surface area contributed by atoms with Crippen molar-refractivity contribution in [1.29, 1.82) is 0 Å². The first-order chi connectivity index (χ1) is 8.33. The predicted molar refractivity (Wildman–Crippen MR) is 72.1 cm³/mol. The molecular formula is C12H8ClN3S. The van der Waals surface area contributed by atoms with Crippen molar-refractivity contribution < 1.29 is 0 Å². The second kappa shape index (κ2) is 4.31. The van der Waals surface area contributed by atoms with Crippen molar-refractivity contribution in [2.75, 3.05) is 5.32 Å². The minimum atomic E-state index is 0.484. The van der Waals surface area contributed by atoms with E-state index in [2.05, 4.69) is 26.7 Å². The lowest BCUT2D eigenvalue weighted by Gasteiger charge is -2.05. The highest BCUT2D eigenvalue weighted by molar-refractivity contribution is 7.17. The van der Waals surface area contributed by atoms with Gasteiger partial charge in [-0.2, -0.15) is 0 Å². The number of thiophene rings is 1. The number of anilines is 2. The highest BCUT2D eigenvalue weighted by atomic mass is 35.5. The molecule has 0 aliphatic heterocycles. The van der Waals surface area contributed by atoms with E-state index in [-0.39, 0.29) is 0 Å². The molecule has 0 atom stereocenters.